The van der Waals surface area contributed by atoms with Gasteiger partial charge in [0.15, 0.2) is 0 Å². The zero-order valence-electron chi connectivity index (χ0n) is 17.1. The van der Waals surface area contributed by atoms with Gasteiger partial charge in [0.1, 0.15) is 23.8 Å². The van der Waals surface area contributed by atoms with E-state index in [1.54, 1.807) is 0 Å². The van der Waals surface area contributed by atoms with Crippen LogP contribution in [-0.4, -0.2) is 56.5 Å². The van der Waals surface area contributed by atoms with Crippen molar-refractivity contribution in [2.75, 3.05) is 31.1 Å². The minimum absolute atomic E-state index is 0.150. The first-order valence-corrected chi connectivity index (χ1v) is 9.84. The highest BCUT2D eigenvalue weighted by molar-refractivity contribution is 5.79. The molecule has 7 heteroatoms. The molecule has 0 unspecified atom stereocenters. The third-order valence-electron chi connectivity index (χ3n) is 5.56. The number of aromatic nitrogens is 4. The van der Waals surface area contributed by atoms with Crippen LogP contribution in [0.5, 0.6) is 0 Å². The molecule has 0 aliphatic carbocycles. The molecule has 0 N–H and O–H groups in total. The highest BCUT2D eigenvalue weighted by atomic mass is 16.2. The van der Waals surface area contributed by atoms with Crippen molar-refractivity contribution in [2.45, 2.75) is 47.5 Å². The molecule has 0 aromatic carbocycles. The number of hydrogen-bond donors (Lipinski definition) is 0. The third kappa shape index (κ3) is 3.96. The van der Waals surface area contributed by atoms with Crippen LogP contribution in [-0.2, 0) is 4.79 Å². The van der Waals surface area contributed by atoms with E-state index in [1.165, 1.54) is 0 Å². The Bertz CT molecular complexity index is 803. The highest BCUT2D eigenvalue weighted by Gasteiger charge is 2.26. The van der Waals surface area contributed by atoms with Gasteiger partial charge in [-0.15, -0.1) is 0 Å². The average molecular weight is 371 g/mol. The number of carbonyl (C=O) groups excluding carboxylic acids is 1. The molecule has 2 aromatic heterocycles. The van der Waals surface area contributed by atoms with E-state index in [0.29, 0.717) is 5.91 Å². The van der Waals surface area contributed by atoms with Gasteiger partial charge in [-0.1, -0.05) is 13.8 Å². The summed E-state index contributed by atoms with van der Waals surface area (Å²) in [5.41, 5.74) is 2.08. The second-order valence-corrected chi connectivity index (χ2v) is 7.24. The summed E-state index contributed by atoms with van der Waals surface area (Å²) in [7, 11) is 0. The Balaban J connectivity index is 1.75. The van der Waals surface area contributed by atoms with Gasteiger partial charge in [-0.3, -0.25) is 9.36 Å². The summed E-state index contributed by atoms with van der Waals surface area (Å²) < 4.78 is 2.00. The van der Waals surface area contributed by atoms with E-state index in [1.807, 2.05) is 42.6 Å². The van der Waals surface area contributed by atoms with Crippen molar-refractivity contribution < 1.29 is 4.79 Å². The average Bonchev–Trinajstić information content (AvgIpc) is 3.01. The van der Waals surface area contributed by atoms with Crippen LogP contribution in [0.3, 0.4) is 0 Å². The molecule has 0 bridgehead atoms. The van der Waals surface area contributed by atoms with Gasteiger partial charge >= 0.3 is 0 Å². The van der Waals surface area contributed by atoms with Crippen LogP contribution in [0, 0.1) is 26.7 Å². The van der Waals surface area contributed by atoms with Gasteiger partial charge in [0.05, 0.1) is 5.69 Å². The van der Waals surface area contributed by atoms with E-state index in [4.69, 9.17) is 0 Å². The quantitative estimate of drug-likeness (QED) is 0.809. The van der Waals surface area contributed by atoms with Crippen molar-refractivity contribution >= 4 is 11.7 Å². The fourth-order valence-corrected chi connectivity index (χ4v) is 3.60. The summed E-state index contributed by atoms with van der Waals surface area (Å²) >= 11 is 0. The fourth-order valence-electron chi connectivity index (χ4n) is 3.60. The van der Waals surface area contributed by atoms with Gasteiger partial charge in [-0.05, 0) is 33.6 Å². The molecule has 2 aromatic rings. The predicted octanol–water partition coefficient (Wildman–Crippen LogP) is 2.67. The van der Waals surface area contributed by atoms with Gasteiger partial charge in [0.25, 0.3) is 0 Å². The molecule has 0 atom stereocenters. The molecule has 27 heavy (non-hydrogen) atoms. The van der Waals surface area contributed by atoms with Crippen molar-refractivity contribution in [3.63, 3.8) is 0 Å². The lowest BCUT2D eigenvalue weighted by molar-refractivity contribution is -0.136. The van der Waals surface area contributed by atoms with Crippen molar-refractivity contribution in [3.8, 4) is 5.82 Å². The molecule has 0 spiro atoms. The fraction of sp³-hybridized carbons (Fsp3) is 0.600. The molecule has 1 saturated heterocycles. The van der Waals surface area contributed by atoms with Gasteiger partial charge in [-0.25, -0.2) is 15.0 Å². The Morgan fingerprint density at radius 3 is 2.22 bits per heavy atom. The third-order valence-corrected chi connectivity index (χ3v) is 5.56. The Morgan fingerprint density at radius 1 is 1.04 bits per heavy atom. The van der Waals surface area contributed by atoms with Gasteiger partial charge in [-0.2, -0.15) is 0 Å². The maximum Gasteiger partial charge on any atom is 0.225 e. The lowest BCUT2D eigenvalue weighted by Gasteiger charge is -2.37. The number of hydrogen-bond acceptors (Lipinski definition) is 5. The number of rotatable bonds is 5. The SMILES string of the molecule is CCC(CC)C(=O)N1CCN(c2cc(-n3cnc(C)c3C)nc(C)n2)CC1. The van der Waals surface area contributed by atoms with Crippen LogP contribution in [0.1, 0.15) is 43.9 Å². The zero-order valence-corrected chi connectivity index (χ0v) is 17.1. The van der Waals surface area contributed by atoms with Gasteiger partial charge in [0.2, 0.25) is 5.91 Å². The molecule has 1 aliphatic heterocycles. The molecule has 146 valence electrons. The molecule has 3 rings (SSSR count). The largest absolute Gasteiger partial charge is 0.353 e. The second-order valence-electron chi connectivity index (χ2n) is 7.24. The smallest absolute Gasteiger partial charge is 0.225 e. The Hall–Kier alpha value is -2.44. The highest BCUT2D eigenvalue weighted by Crippen LogP contribution is 2.20. The molecule has 0 saturated carbocycles. The predicted molar refractivity (Wildman–Crippen MR) is 106 cm³/mol. The number of carbonyl (C=O) groups is 1. The first kappa shape index (κ1) is 19.3. The zero-order chi connectivity index (χ0) is 19.6. The van der Waals surface area contributed by atoms with E-state index in [2.05, 4.69) is 33.7 Å². The Labute approximate surface area is 161 Å². The van der Waals surface area contributed by atoms with Gasteiger partial charge in [0, 0.05) is 43.9 Å². The van der Waals surface area contributed by atoms with Crippen LogP contribution in [0.25, 0.3) is 5.82 Å². The number of amides is 1. The summed E-state index contributed by atoms with van der Waals surface area (Å²) in [6, 6.07) is 2.01. The van der Waals surface area contributed by atoms with E-state index in [0.717, 1.165) is 67.9 Å². The number of anilines is 1. The van der Waals surface area contributed by atoms with Crippen LogP contribution >= 0.6 is 0 Å². The minimum atomic E-state index is 0.150. The lowest BCUT2D eigenvalue weighted by atomic mass is 10.0. The first-order valence-electron chi connectivity index (χ1n) is 9.84. The lowest BCUT2D eigenvalue weighted by Crippen LogP contribution is -2.50. The maximum atomic E-state index is 12.6. The van der Waals surface area contributed by atoms with E-state index >= 15 is 0 Å². The number of aryl methyl sites for hydroxylation is 2. The van der Waals surface area contributed by atoms with Gasteiger partial charge < -0.3 is 9.80 Å². The van der Waals surface area contributed by atoms with Crippen LogP contribution in [0.2, 0.25) is 0 Å². The standard InChI is InChI=1S/C20H30N6O/c1-6-17(7-2)20(27)25-10-8-24(9-11-25)18-12-19(23-16(5)22-18)26-13-21-14(3)15(26)4/h12-13,17H,6-11H2,1-5H3. The van der Waals surface area contributed by atoms with Crippen molar-refractivity contribution in [1.29, 1.82) is 0 Å². The summed E-state index contributed by atoms with van der Waals surface area (Å²) in [6.45, 7) is 13.2. The van der Waals surface area contributed by atoms with E-state index in [9.17, 15) is 4.79 Å². The molecule has 7 nitrogen and oxygen atoms in total. The number of imidazole rings is 1. The van der Waals surface area contributed by atoms with Crippen molar-refractivity contribution in [3.05, 3.63) is 29.6 Å². The topological polar surface area (TPSA) is 67.2 Å². The van der Waals surface area contributed by atoms with E-state index in [-0.39, 0.29) is 5.92 Å². The van der Waals surface area contributed by atoms with Crippen LogP contribution in [0.15, 0.2) is 12.4 Å². The molecular weight excluding hydrogens is 340 g/mol. The Kier molecular flexibility index (Phi) is 5.77. The van der Waals surface area contributed by atoms with Crippen LogP contribution in [0.4, 0.5) is 5.82 Å². The Morgan fingerprint density at radius 2 is 1.67 bits per heavy atom. The maximum absolute atomic E-state index is 12.6. The molecule has 1 amide bonds. The molecule has 1 aliphatic rings. The molecule has 1 fully saturated rings. The summed E-state index contributed by atoms with van der Waals surface area (Å²) in [4.78, 5) is 30.4. The number of piperazine rings is 1. The van der Waals surface area contributed by atoms with Crippen molar-refractivity contribution in [2.24, 2.45) is 5.92 Å². The van der Waals surface area contributed by atoms with Crippen LogP contribution < -0.4 is 4.90 Å². The van der Waals surface area contributed by atoms with E-state index < -0.39 is 0 Å². The minimum Gasteiger partial charge on any atom is -0.353 e. The molecule has 3 heterocycles. The molecule has 0 radical (unpaired) electrons. The second kappa shape index (κ2) is 8.06. The normalized spacial score (nSPS) is 14.9. The summed E-state index contributed by atoms with van der Waals surface area (Å²) in [5, 5.41) is 0. The summed E-state index contributed by atoms with van der Waals surface area (Å²) in [5.74, 6) is 2.94. The monoisotopic (exact) mass is 370 g/mol. The number of nitrogens with zero attached hydrogens (tertiary/aromatic N) is 6. The molecular formula is C20H30N6O. The first-order chi connectivity index (χ1) is 12.9. The summed E-state index contributed by atoms with van der Waals surface area (Å²) in [6.07, 6.45) is 3.63. The van der Waals surface area contributed by atoms with Crippen molar-refractivity contribution in [1.82, 2.24) is 24.4 Å².